The molecule has 1 aliphatic rings. The summed E-state index contributed by atoms with van der Waals surface area (Å²) in [6, 6.07) is 0. The largest absolute Gasteiger partial charge is 0.481 e. The lowest BCUT2D eigenvalue weighted by molar-refractivity contribution is -0.147. The summed E-state index contributed by atoms with van der Waals surface area (Å²) in [4.78, 5) is 11.1. The van der Waals surface area contributed by atoms with Crippen LogP contribution in [0.15, 0.2) is 0 Å². The molecule has 19 heavy (non-hydrogen) atoms. The summed E-state index contributed by atoms with van der Waals surface area (Å²) in [6.07, 6.45) is 2.27. The van der Waals surface area contributed by atoms with Crippen LogP contribution in [0.25, 0.3) is 0 Å². The highest BCUT2D eigenvalue weighted by Gasteiger charge is 2.34. The van der Waals surface area contributed by atoms with E-state index < -0.39 is 21.6 Å². The van der Waals surface area contributed by atoms with Gasteiger partial charge in [0.25, 0.3) is 10.2 Å². The first kappa shape index (κ1) is 16.4. The van der Waals surface area contributed by atoms with Crippen molar-refractivity contribution in [3.05, 3.63) is 0 Å². The third-order valence-electron chi connectivity index (χ3n) is 3.90. The highest BCUT2D eigenvalue weighted by Crippen LogP contribution is 2.22. The van der Waals surface area contributed by atoms with E-state index in [1.165, 1.54) is 4.31 Å². The van der Waals surface area contributed by atoms with Crippen LogP contribution in [-0.2, 0) is 15.0 Å². The number of piperidine rings is 1. The van der Waals surface area contributed by atoms with Gasteiger partial charge in [0.05, 0.1) is 5.41 Å². The number of carboxylic acid groups (broad SMARTS) is 1. The van der Waals surface area contributed by atoms with Crippen molar-refractivity contribution in [1.29, 1.82) is 0 Å². The van der Waals surface area contributed by atoms with Crippen molar-refractivity contribution >= 4 is 16.2 Å². The zero-order valence-electron chi connectivity index (χ0n) is 11.8. The lowest BCUT2D eigenvalue weighted by Gasteiger charge is -2.31. The highest BCUT2D eigenvalue weighted by molar-refractivity contribution is 7.87. The van der Waals surface area contributed by atoms with E-state index in [-0.39, 0.29) is 6.54 Å². The molecule has 1 fully saturated rings. The third-order valence-corrected chi connectivity index (χ3v) is 5.42. The molecule has 1 rings (SSSR count). The van der Waals surface area contributed by atoms with Crippen LogP contribution in [0.4, 0.5) is 0 Å². The molecule has 1 aliphatic heterocycles. The van der Waals surface area contributed by atoms with Crippen molar-refractivity contribution in [2.75, 3.05) is 19.6 Å². The highest BCUT2D eigenvalue weighted by atomic mass is 32.2. The summed E-state index contributed by atoms with van der Waals surface area (Å²) in [5.41, 5.74) is -1.06. The summed E-state index contributed by atoms with van der Waals surface area (Å²) >= 11 is 0. The molecule has 0 aromatic heterocycles. The van der Waals surface area contributed by atoms with Gasteiger partial charge >= 0.3 is 5.97 Å². The van der Waals surface area contributed by atoms with Crippen molar-refractivity contribution < 1.29 is 18.3 Å². The Morgan fingerprint density at radius 3 is 2.63 bits per heavy atom. The molecule has 0 aromatic carbocycles. The average Bonchev–Trinajstić information content (AvgIpc) is 2.36. The summed E-state index contributed by atoms with van der Waals surface area (Å²) in [6.45, 7) is 6.25. The minimum atomic E-state index is -3.57. The first-order chi connectivity index (χ1) is 8.71. The maximum atomic E-state index is 12.1. The van der Waals surface area contributed by atoms with E-state index in [2.05, 4.69) is 4.72 Å². The maximum Gasteiger partial charge on any atom is 0.310 e. The summed E-state index contributed by atoms with van der Waals surface area (Å²) in [5, 5.41) is 9.13. The molecule has 0 aliphatic carbocycles. The second-order valence-electron chi connectivity index (χ2n) is 5.65. The van der Waals surface area contributed by atoms with Crippen molar-refractivity contribution in [3.8, 4) is 0 Å². The molecule has 1 heterocycles. The van der Waals surface area contributed by atoms with Crippen LogP contribution in [0.1, 0.15) is 40.0 Å². The first-order valence-electron chi connectivity index (χ1n) is 6.69. The van der Waals surface area contributed by atoms with Crippen LogP contribution in [0.5, 0.6) is 0 Å². The lowest BCUT2D eigenvalue weighted by atomic mass is 9.88. The Balaban J connectivity index is 2.67. The van der Waals surface area contributed by atoms with Gasteiger partial charge in [-0.05, 0) is 32.1 Å². The van der Waals surface area contributed by atoms with E-state index in [1.54, 1.807) is 13.8 Å². The number of nitrogens with one attached hydrogen (secondary N) is 1. The van der Waals surface area contributed by atoms with E-state index in [0.29, 0.717) is 25.4 Å². The van der Waals surface area contributed by atoms with Crippen LogP contribution in [0.3, 0.4) is 0 Å². The minimum Gasteiger partial charge on any atom is -0.481 e. The van der Waals surface area contributed by atoms with E-state index in [1.807, 2.05) is 6.92 Å². The molecule has 0 radical (unpaired) electrons. The molecule has 0 spiro atoms. The Kier molecular flexibility index (Phi) is 5.34. The van der Waals surface area contributed by atoms with Crippen LogP contribution < -0.4 is 4.72 Å². The molecule has 0 amide bonds. The van der Waals surface area contributed by atoms with Crippen molar-refractivity contribution in [3.63, 3.8) is 0 Å². The molecule has 0 aromatic rings. The summed E-state index contributed by atoms with van der Waals surface area (Å²) in [5.74, 6) is -0.632. The SMILES string of the molecule is CCC(C)(CNS(=O)(=O)N1CCCC(C)C1)C(=O)O. The Morgan fingerprint density at radius 1 is 1.53 bits per heavy atom. The quantitative estimate of drug-likeness (QED) is 0.766. The number of aliphatic carboxylic acids is 1. The van der Waals surface area contributed by atoms with Gasteiger partial charge in [0.2, 0.25) is 0 Å². The van der Waals surface area contributed by atoms with E-state index in [9.17, 15) is 13.2 Å². The van der Waals surface area contributed by atoms with Gasteiger partial charge in [-0.15, -0.1) is 0 Å². The molecule has 6 nitrogen and oxygen atoms in total. The molecular weight excluding hydrogens is 268 g/mol. The van der Waals surface area contributed by atoms with E-state index in [0.717, 1.165) is 12.8 Å². The van der Waals surface area contributed by atoms with Gasteiger partial charge < -0.3 is 5.11 Å². The summed E-state index contributed by atoms with van der Waals surface area (Å²) in [7, 11) is -3.57. The maximum absolute atomic E-state index is 12.1. The normalized spacial score (nSPS) is 24.9. The van der Waals surface area contributed by atoms with Gasteiger partial charge in [0.15, 0.2) is 0 Å². The molecule has 0 saturated carbocycles. The fraction of sp³-hybridized carbons (Fsp3) is 0.917. The number of hydrogen-bond donors (Lipinski definition) is 2. The topological polar surface area (TPSA) is 86.7 Å². The predicted octanol–water partition coefficient (Wildman–Crippen LogP) is 1.05. The van der Waals surface area contributed by atoms with Crippen LogP contribution in [-0.4, -0.2) is 43.4 Å². The monoisotopic (exact) mass is 292 g/mol. The van der Waals surface area contributed by atoms with Crippen LogP contribution >= 0.6 is 0 Å². The van der Waals surface area contributed by atoms with Crippen LogP contribution in [0, 0.1) is 11.3 Å². The van der Waals surface area contributed by atoms with Gasteiger partial charge in [-0.2, -0.15) is 12.7 Å². The van der Waals surface area contributed by atoms with Gasteiger partial charge in [0.1, 0.15) is 0 Å². The van der Waals surface area contributed by atoms with Gasteiger partial charge in [0, 0.05) is 19.6 Å². The molecule has 2 N–H and O–H groups in total. The number of rotatable bonds is 6. The molecule has 2 unspecified atom stereocenters. The zero-order chi connectivity index (χ0) is 14.7. The Morgan fingerprint density at radius 2 is 2.16 bits per heavy atom. The van der Waals surface area contributed by atoms with Crippen molar-refractivity contribution in [2.24, 2.45) is 11.3 Å². The second-order valence-corrected chi connectivity index (χ2v) is 7.41. The van der Waals surface area contributed by atoms with E-state index in [4.69, 9.17) is 5.11 Å². The van der Waals surface area contributed by atoms with Gasteiger partial charge in [-0.3, -0.25) is 4.79 Å². The minimum absolute atomic E-state index is 0.0773. The predicted molar refractivity (Wildman–Crippen MR) is 72.9 cm³/mol. The standard InChI is InChI=1S/C12H24N2O4S/c1-4-12(3,11(15)16)9-13-19(17,18)14-7-5-6-10(2)8-14/h10,13H,4-9H2,1-3H3,(H,15,16). The lowest BCUT2D eigenvalue weighted by Crippen LogP contribution is -2.49. The molecule has 112 valence electrons. The molecule has 7 heteroatoms. The molecule has 0 bridgehead atoms. The number of carbonyl (C=O) groups is 1. The zero-order valence-corrected chi connectivity index (χ0v) is 12.7. The van der Waals surface area contributed by atoms with Gasteiger partial charge in [-0.25, -0.2) is 4.72 Å². The van der Waals surface area contributed by atoms with Crippen LogP contribution in [0.2, 0.25) is 0 Å². The second kappa shape index (κ2) is 6.19. The first-order valence-corrected chi connectivity index (χ1v) is 8.13. The Labute approximate surface area is 115 Å². The number of carboxylic acids is 1. The fourth-order valence-electron chi connectivity index (χ4n) is 2.06. The number of hydrogen-bond acceptors (Lipinski definition) is 3. The average molecular weight is 292 g/mol. The van der Waals surface area contributed by atoms with Crippen molar-refractivity contribution in [1.82, 2.24) is 9.03 Å². The van der Waals surface area contributed by atoms with Crippen molar-refractivity contribution in [2.45, 2.75) is 40.0 Å². The third kappa shape index (κ3) is 4.15. The fourth-order valence-corrected chi connectivity index (χ4v) is 3.56. The molecular formula is C12H24N2O4S. The van der Waals surface area contributed by atoms with Gasteiger partial charge in [-0.1, -0.05) is 13.8 Å². The molecule has 2 atom stereocenters. The molecule has 1 saturated heterocycles. The smallest absolute Gasteiger partial charge is 0.310 e. The van der Waals surface area contributed by atoms with E-state index >= 15 is 0 Å². The Hall–Kier alpha value is -0.660. The number of nitrogens with zero attached hydrogens (tertiary/aromatic N) is 1. The summed E-state index contributed by atoms with van der Waals surface area (Å²) < 4.78 is 28.1. The Bertz CT molecular complexity index is 423.